The van der Waals surface area contributed by atoms with Crippen molar-refractivity contribution in [1.29, 1.82) is 0 Å². The van der Waals surface area contributed by atoms with Crippen molar-refractivity contribution in [1.82, 2.24) is 0 Å². The Morgan fingerprint density at radius 2 is 2.12 bits per heavy atom. The second-order valence-electron chi connectivity index (χ2n) is 9.79. The molecule has 6 rings (SSSR count). The van der Waals surface area contributed by atoms with Crippen LogP contribution < -0.4 is 4.74 Å². The lowest BCUT2D eigenvalue weighted by Crippen LogP contribution is -2.71. The molecule has 0 radical (unpaired) electrons. The molecule has 0 aromatic heterocycles. The van der Waals surface area contributed by atoms with Crippen LogP contribution in [0.5, 0.6) is 11.5 Å². The van der Waals surface area contributed by atoms with Crippen LogP contribution in [0.25, 0.3) is 0 Å². The van der Waals surface area contributed by atoms with E-state index in [9.17, 15) is 10.2 Å². The van der Waals surface area contributed by atoms with Crippen LogP contribution >= 0.6 is 7.26 Å². The fourth-order valence-electron chi connectivity index (χ4n) is 7.08. The van der Waals surface area contributed by atoms with Gasteiger partial charge in [0.2, 0.25) is 0 Å². The summed E-state index contributed by atoms with van der Waals surface area (Å²) >= 11 is 0. The SMILES string of the molecule is C=C1CCC2(O)C3Cc4c(O)ccc5c4[C@@]2(CC[P+]3(C)CC2CC2)C1O5. The van der Waals surface area contributed by atoms with E-state index in [0.717, 1.165) is 54.1 Å². The van der Waals surface area contributed by atoms with Gasteiger partial charge < -0.3 is 14.9 Å². The lowest BCUT2D eigenvalue weighted by atomic mass is 9.51. The minimum atomic E-state index is -1.26. The van der Waals surface area contributed by atoms with Crippen LogP contribution in [-0.4, -0.2) is 46.6 Å². The first-order valence-electron chi connectivity index (χ1n) is 10.2. The molecule has 1 saturated heterocycles. The molecule has 0 amide bonds. The van der Waals surface area contributed by atoms with Crippen molar-refractivity contribution in [3.05, 3.63) is 35.4 Å². The maximum absolute atomic E-state index is 12.3. The molecule has 1 aromatic carbocycles. The average Bonchev–Trinajstić information content (AvgIpc) is 3.33. The highest BCUT2D eigenvalue weighted by Gasteiger charge is 2.76. The molecule has 5 atom stereocenters. The number of ether oxygens (including phenoxy) is 1. The molecule has 3 aliphatic carbocycles. The van der Waals surface area contributed by atoms with Crippen molar-refractivity contribution < 1.29 is 14.9 Å². The van der Waals surface area contributed by atoms with Crippen LogP contribution in [0, 0.1) is 5.92 Å². The Labute approximate surface area is 155 Å². The molecule has 2 heterocycles. The number of aromatic hydroxyl groups is 1. The molecule has 1 aromatic rings. The van der Waals surface area contributed by atoms with Gasteiger partial charge in [0.25, 0.3) is 0 Å². The lowest BCUT2D eigenvalue weighted by Gasteiger charge is -2.62. The molecule has 4 heteroatoms. The molecular formula is C22H28O3P+. The predicted molar refractivity (Wildman–Crippen MR) is 105 cm³/mol. The van der Waals surface area contributed by atoms with Crippen molar-refractivity contribution in [2.45, 2.75) is 61.3 Å². The van der Waals surface area contributed by atoms with Gasteiger partial charge >= 0.3 is 0 Å². The fourth-order valence-corrected chi connectivity index (χ4v) is 12.3. The van der Waals surface area contributed by atoms with Gasteiger partial charge in [-0.1, -0.05) is 6.58 Å². The van der Waals surface area contributed by atoms with Gasteiger partial charge in [0, 0.05) is 31.5 Å². The summed E-state index contributed by atoms with van der Waals surface area (Å²) in [5, 5.41) is 23.0. The zero-order valence-corrected chi connectivity index (χ0v) is 16.4. The monoisotopic (exact) mass is 371 g/mol. The molecular weight excluding hydrogens is 343 g/mol. The van der Waals surface area contributed by atoms with Crippen LogP contribution in [-0.2, 0) is 11.8 Å². The second kappa shape index (κ2) is 4.67. The van der Waals surface area contributed by atoms with E-state index >= 15 is 0 Å². The van der Waals surface area contributed by atoms with Gasteiger partial charge in [0.1, 0.15) is 28.9 Å². The van der Waals surface area contributed by atoms with Gasteiger partial charge in [-0.15, -0.1) is 0 Å². The highest BCUT2D eigenvalue weighted by molar-refractivity contribution is 7.76. The van der Waals surface area contributed by atoms with E-state index in [2.05, 4.69) is 13.2 Å². The standard InChI is InChI=1S/C22H27O3P/c1-13-7-8-22(24)18-11-15-16(23)5-6-17-19(15)21(22,20(13)25-17)9-10-26(18,2)12-14-3-4-14/h5-6,14,18,20,24H,1,3-4,7-12H2,2H3/p+1/t18?,20?,21-,22?,26?/m0/s1. The topological polar surface area (TPSA) is 49.7 Å². The average molecular weight is 371 g/mol. The van der Waals surface area contributed by atoms with Gasteiger partial charge in [-0.25, -0.2) is 0 Å². The number of aliphatic hydroxyl groups is 1. The van der Waals surface area contributed by atoms with Gasteiger partial charge in [-0.05, 0) is 55.7 Å². The fraction of sp³-hybridized carbons (Fsp3) is 0.636. The molecule has 2 saturated carbocycles. The van der Waals surface area contributed by atoms with Crippen LogP contribution in [0.15, 0.2) is 24.3 Å². The van der Waals surface area contributed by atoms with Crippen molar-refractivity contribution >= 4 is 7.26 Å². The van der Waals surface area contributed by atoms with Crippen molar-refractivity contribution in [3.63, 3.8) is 0 Å². The Morgan fingerprint density at radius 1 is 1.31 bits per heavy atom. The summed E-state index contributed by atoms with van der Waals surface area (Å²) in [6.45, 7) is 6.84. The summed E-state index contributed by atoms with van der Waals surface area (Å²) in [5.74, 6) is 2.17. The number of phenolic OH excluding ortho intramolecular Hbond substituents is 1. The first-order valence-corrected chi connectivity index (χ1v) is 12.8. The third-order valence-electron chi connectivity index (χ3n) is 8.45. The second-order valence-corrected chi connectivity index (χ2v) is 14.2. The molecule has 2 aliphatic heterocycles. The molecule has 3 nitrogen and oxygen atoms in total. The van der Waals surface area contributed by atoms with Crippen molar-refractivity contribution in [2.24, 2.45) is 5.92 Å². The maximum Gasteiger partial charge on any atom is 0.132 e. The van der Waals surface area contributed by atoms with E-state index in [0.29, 0.717) is 11.4 Å². The molecule has 26 heavy (non-hydrogen) atoms. The van der Waals surface area contributed by atoms with E-state index in [-0.39, 0.29) is 11.5 Å². The third kappa shape index (κ3) is 1.65. The van der Waals surface area contributed by atoms with Crippen LogP contribution in [0.4, 0.5) is 0 Å². The molecule has 1 spiro atoms. The summed E-state index contributed by atoms with van der Waals surface area (Å²) in [5.41, 5.74) is 2.55. The zero-order valence-electron chi connectivity index (χ0n) is 15.5. The third-order valence-corrected chi connectivity index (χ3v) is 13.2. The van der Waals surface area contributed by atoms with Crippen LogP contribution in [0.1, 0.15) is 43.2 Å². The number of phenols is 1. The number of hydrogen-bond acceptors (Lipinski definition) is 3. The Kier molecular flexibility index (Phi) is 2.87. The summed E-state index contributed by atoms with van der Waals surface area (Å²) < 4.78 is 6.41. The van der Waals surface area contributed by atoms with Gasteiger partial charge in [-0.2, -0.15) is 0 Å². The Balaban J connectivity index is 1.61. The molecule has 2 bridgehead atoms. The summed E-state index contributed by atoms with van der Waals surface area (Å²) in [4.78, 5) is 0. The molecule has 2 N–H and O–H groups in total. The largest absolute Gasteiger partial charge is 0.508 e. The predicted octanol–water partition coefficient (Wildman–Crippen LogP) is 3.86. The minimum absolute atomic E-state index is 0.116. The highest BCUT2D eigenvalue weighted by Crippen LogP contribution is 2.78. The minimum Gasteiger partial charge on any atom is -0.508 e. The summed E-state index contributed by atoms with van der Waals surface area (Å²) in [6, 6.07) is 3.70. The molecule has 4 unspecified atom stereocenters. The van der Waals surface area contributed by atoms with Gasteiger partial charge in [0.05, 0.1) is 17.7 Å². The molecule has 138 valence electrons. The van der Waals surface area contributed by atoms with Crippen LogP contribution in [0.2, 0.25) is 0 Å². The van der Waals surface area contributed by atoms with Gasteiger partial charge in [0.15, 0.2) is 0 Å². The first-order chi connectivity index (χ1) is 12.4. The normalized spacial score (nSPS) is 45.2. The summed E-state index contributed by atoms with van der Waals surface area (Å²) in [6.07, 6.45) is 8.70. The smallest absolute Gasteiger partial charge is 0.132 e. The molecule has 3 fully saturated rings. The quantitative estimate of drug-likeness (QED) is 0.613. The Morgan fingerprint density at radius 3 is 2.88 bits per heavy atom. The lowest BCUT2D eigenvalue weighted by molar-refractivity contribution is -0.101. The number of hydrogen-bond donors (Lipinski definition) is 2. The van der Waals surface area contributed by atoms with E-state index < -0.39 is 12.9 Å². The number of benzene rings is 1. The van der Waals surface area contributed by atoms with E-state index in [1.165, 1.54) is 25.2 Å². The van der Waals surface area contributed by atoms with E-state index in [4.69, 9.17) is 4.74 Å². The zero-order chi connectivity index (χ0) is 17.9. The van der Waals surface area contributed by atoms with Crippen molar-refractivity contribution in [3.8, 4) is 11.5 Å². The molecule has 5 aliphatic rings. The van der Waals surface area contributed by atoms with E-state index in [1.807, 2.05) is 6.07 Å². The maximum atomic E-state index is 12.3. The van der Waals surface area contributed by atoms with E-state index in [1.54, 1.807) is 6.07 Å². The van der Waals surface area contributed by atoms with Crippen LogP contribution in [0.3, 0.4) is 0 Å². The van der Waals surface area contributed by atoms with Gasteiger partial charge in [-0.3, -0.25) is 0 Å². The highest BCUT2D eigenvalue weighted by atomic mass is 31.2. The number of rotatable bonds is 2. The summed E-state index contributed by atoms with van der Waals surface area (Å²) in [7, 11) is -1.26. The first kappa shape index (κ1) is 16.0. The Hall–Kier alpha value is -1.05. The van der Waals surface area contributed by atoms with Crippen molar-refractivity contribution in [2.75, 3.05) is 19.0 Å². The Bertz CT molecular complexity index is 846.